The third-order valence-corrected chi connectivity index (χ3v) is 2.83. The van der Waals surface area contributed by atoms with Crippen LogP contribution in [-0.4, -0.2) is 16.5 Å². The van der Waals surface area contributed by atoms with Gasteiger partial charge in [0.2, 0.25) is 0 Å². The standard InChI is InChI=1S/C8H16OS/c1-7(2)5-6(10)8(3,4)9-7/h6,10H,5H2,1-4H3. The van der Waals surface area contributed by atoms with Crippen molar-refractivity contribution in [2.24, 2.45) is 0 Å². The quantitative estimate of drug-likeness (QED) is 0.535. The molecule has 1 nitrogen and oxygen atoms in total. The number of hydrogen-bond donors (Lipinski definition) is 1. The minimum atomic E-state index is -0.0490. The molecule has 1 unspecified atom stereocenters. The van der Waals surface area contributed by atoms with E-state index in [4.69, 9.17) is 4.74 Å². The number of hydrogen-bond acceptors (Lipinski definition) is 2. The first-order valence-corrected chi connectivity index (χ1v) is 4.23. The molecule has 2 heteroatoms. The Hall–Kier alpha value is 0.310. The SMILES string of the molecule is CC1(C)CC(S)C(C)(C)O1. The van der Waals surface area contributed by atoms with Crippen LogP contribution < -0.4 is 0 Å². The molecule has 60 valence electrons. The topological polar surface area (TPSA) is 9.23 Å². The average molecular weight is 160 g/mol. The smallest absolute Gasteiger partial charge is 0.0750 e. The van der Waals surface area contributed by atoms with E-state index < -0.39 is 0 Å². The monoisotopic (exact) mass is 160 g/mol. The van der Waals surface area contributed by atoms with Crippen LogP contribution in [-0.2, 0) is 4.74 Å². The lowest BCUT2D eigenvalue weighted by Crippen LogP contribution is -2.29. The van der Waals surface area contributed by atoms with Crippen molar-refractivity contribution in [2.45, 2.75) is 50.6 Å². The van der Waals surface area contributed by atoms with Crippen LogP contribution in [0.1, 0.15) is 34.1 Å². The second kappa shape index (κ2) is 2.15. The lowest BCUT2D eigenvalue weighted by atomic mass is 10.0. The minimum absolute atomic E-state index is 0.0237. The summed E-state index contributed by atoms with van der Waals surface area (Å²) in [6.07, 6.45) is 1.04. The van der Waals surface area contributed by atoms with Crippen molar-refractivity contribution in [3.63, 3.8) is 0 Å². The molecule has 0 bridgehead atoms. The number of thiol groups is 1. The molecule has 0 aromatic carbocycles. The van der Waals surface area contributed by atoms with Gasteiger partial charge in [0.15, 0.2) is 0 Å². The molecule has 0 aromatic heterocycles. The van der Waals surface area contributed by atoms with Gasteiger partial charge in [-0.1, -0.05) is 0 Å². The summed E-state index contributed by atoms with van der Waals surface area (Å²) >= 11 is 4.46. The Morgan fingerprint density at radius 3 is 1.90 bits per heavy atom. The lowest BCUT2D eigenvalue weighted by molar-refractivity contribution is -0.0630. The molecule has 0 aliphatic carbocycles. The van der Waals surface area contributed by atoms with Gasteiger partial charge in [-0.25, -0.2) is 0 Å². The van der Waals surface area contributed by atoms with Gasteiger partial charge in [0.25, 0.3) is 0 Å². The van der Waals surface area contributed by atoms with E-state index in [-0.39, 0.29) is 11.2 Å². The van der Waals surface area contributed by atoms with Crippen molar-refractivity contribution < 1.29 is 4.74 Å². The van der Waals surface area contributed by atoms with E-state index in [1.807, 2.05) is 0 Å². The third-order valence-electron chi connectivity index (χ3n) is 2.03. The van der Waals surface area contributed by atoms with Crippen LogP contribution in [0.5, 0.6) is 0 Å². The first-order chi connectivity index (χ1) is 4.33. The maximum absolute atomic E-state index is 5.77. The van der Waals surface area contributed by atoms with Crippen molar-refractivity contribution >= 4 is 12.6 Å². The van der Waals surface area contributed by atoms with E-state index in [0.29, 0.717) is 5.25 Å². The van der Waals surface area contributed by atoms with Crippen molar-refractivity contribution in [1.82, 2.24) is 0 Å². The highest BCUT2D eigenvalue weighted by atomic mass is 32.1. The van der Waals surface area contributed by atoms with Gasteiger partial charge in [-0.15, -0.1) is 0 Å². The first kappa shape index (κ1) is 8.41. The van der Waals surface area contributed by atoms with Crippen LogP contribution >= 0.6 is 12.6 Å². The molecule has 1 atom stereocenters. The van der Waals surface area contributed by atoms with E-state index in [1.165, 1.54) is 0 Å². The summed E-state index contributed by atoms with van der Waals surface area (Å²) < 4.78 is 5.77. The maximum atomic E-state index is 5.77. The zero-order valence-corrected chi connectivity index (χ0v) is 8.03. The van der Waals surface area contributed by atoms with Crippen LogP contribution in [0.2, 0.25) is 0 Å². The van der Waals surface area contributed by atoms with Crippen molar-refractivity contribution in [2.75, 3.05) is 0 Å². The summed E-state index contributed by atoms with van der Waals surface area (Å²) in [6, 6.07) is 0. The Kier molecular flexibility index (Phi) is 1.80. The Balaban J connectivity index is 2.71. The maximum Gasteiger partial charge on any atom is 0.0750 e. The van der Waals surface area contributed by atoms with Crippen LogP contribution in [0.4, 0.5) is 0 Å². The Labute approximate surface area is 68.6 Å². The minimum Gasteiger partial charge on any atom is -0.369 e. The van der Waals surface area contributed by atoms with Crippen molar-refractivity contribution in [1.29, 1.82) is 0 Å². The molecule has 0 radical (unpaired) electrons. The fourth-order valence-electron chi connectivity index (χ4n) is 1.53. The summed E-state index contributed by atoms with van der Waals surface area (Å²) in [5.74, 6) is 0. The van der Waals surface area contributed by atoms with Gasteiger partial charge in [0.1, 0.15) is 0 Å². The molecule has 1 heterocycles. The summed E-state index contributed by atoms with van der Waals surface area (Å²) in [4.78, 5) is 0. The van der Waals surface area contributed by atoms with Crippen LogP contribution in [0.25, 0.3) is 0 Å². The molecule has 0 amide bonds. The molecule has 1 aliphatic heterocycles. The van der Waals surface area contributed by atoms with E-state index in [9.17, 15) is 0 Å². The van der Waals surface area contributed by atoms with Gasteiger partial charge in [-0.3, -0.25) is 0 Å². The molecule has 1 rings (SSSR count). The van der Waals surface area contributed by atoms with Gasteiger partial charge in [0, 0.05) is 5.25 Å². The molecule has 1 saturated heterocycles. The predicted molar refractivity (Wildman–Crippen MR) is 46.6 cm³/mol. The Morgan fingerprint density at radius 2 is 1.80 bits per heavy atom. The number of rotatable bonds is 0. The van der Waals surface area contributed by atoms with Gasteiger partial charge >= 0.3 is 0 Å². The summed E-state index contributed by atoms with van der Waals surface area (Å²) in [6.45, 7) is 8.43. The average Bonchev–Trinajstić information content (AvgIpc) is 1.73. The lowest BCUT2D eigenvalue weighted by Gasteiger charge is -2.25. The van der Waals surface area contributed by atoms with Gasteiger partial charge in [-0.05, 0) is 34.1 Å². The van der Waals surface area contributed by atoms with Crippen molar-refractivity contribution in [3.8, 4) is 0 Å². The molecular formula is C8H16OS. The molecule has 0 saturated carbocycles. The highest BCUT2D eigenvalue weighted by Crippen LogP contribution is 2.39. The second-order valence-corrected chi connectivity index (χ2v) is 4.81. The van der Waals surface area contributed by atoms with Gasteiger partial charge in [0.05, 0.1) is 11.2 Å². The molecule has 0 aromatic rings. The van der Waals surface area contributed by atoms with Crippen LogP contribution in [0.3, 0.4) is 0 Å². The molecular weight excluding hydrogens is 144 g/mol. The Morgan fingerprint density at radius 1 is 1.30 bits per heavy atom. The summed E-state index contributed by atoms with van der Waals surface area (Å²) in [5.41, 5.74) is -0.0253. The van der Waals surface area contributed by atoms with Crippen molar-refractivity contribution in [3.05, 3.63) is 0 Å². The molecule has 10 heavy (non-hydrogen) atoms. The fourth-order valence-corrected chi connectivity index (χ4v) is 2.03. The van der Waals surface area contributed by atoms with E-state index in [0.717, 1.165) is 6.42 Å². The third kappa shape index (κ3) is 1.48. The van der Waals surface area contributed by atoms with Crippen LogP contribution in [0, 0.1) is 0 Å². The molecule has 0 N–H and O–H groups in total. The molecule has 0 spiro atoms. The zero-order valence-electron chi connectivity index (χ0n) is 7.14. The largest absolute Gasteiger partial charge is 0.369 e. The zero-order chi connectivity index (χ0) is 7.99. The highest BCUT2D eigenvalue weighted by molar-refractivity contribution is 7.81. The van der Waals surface area contributed by atoms with E-state index in [2.05, 4.69) is 40.3 Å². The normalized spacial score (nSPS) is 36.3. The molecule has 1 fully saturated rings. The summed E-state index contributed by atoms with van der Waals surface area (Å²) in [7, 11) is 0. The number of ether oxygens (including phenoxy) is 1. The summed E-state index contributed by atoms with van der Waals surface area (Å²) in [5, 5.41) is 0.377. The van der Waals surface area contributed by atoms with Gasteiger partial charge < -0.3 is 4.74 Å². The van der Waals surface area contributed by atoms with Crippen LogP contribution in [0.15, 0.2) is 0 Å². The van der Waals surface area contributed by atoms with E-state index >= 15 is 0 Å². The second-order valence-electron chi connectivity index (χ2n) is 4.19. The molecule has 1 aliphatic rings. The van der Waals surface area contributed by atoms with Gasteiger partial charge in [-0.2, -0.15) is 12.6 Å². The Bertz CT molecular complexity index is 140. The first-order valence-electron chi connectivity index (χ1n) is 3.72. The fraction of sp³-hybridized carbons (Fsp3) is 1.00. The van der Waals surface area contributed by atoms with E-state index in [1.54, 1.807) is 0 Å². The highest BCUT2D eigenvalue weighted by Gasteiger charge is 2.43. The predicted octanol–water partition coefficient (Wildman–Crippen LogP) is 2.26.